The van der Waals surface area contributed by atoms with E-state index in [0.29, 0.717) is 75.9 Å². The van der Waals surface area contributed by atoms with Crippen molar-refractivity contribution in [2.45, 2.75) is 92.2 Å². The summed E-state index contributed by atoms with van der Waals surface area (Å²) in [5, 5.41) is 1.81. The smallest absolute Gasteiger partial charge is 0.335 e. The number of carbonyl (C=O) groups is 3. The molecule has 0 atom stereocenters. The lowest BCUT2D eigenvalue weighted by Crippen LogP contribution is -2.56. The van der Waals surface area contributed by atoms with E-state index >= 15 is 0 Å². The normalized spacial score (nSPS) is 15.8. The Morgan fingerprint density at radius 1 is 1.00 bits per heavy atom. The van der Waals surface area contributed by atoms with Gasteiger partial charge in [-0.15, -0.1) is 0 Å². The zero-order chi connectivity index (χ0) is 31.5. The van der Waals surface area contributed by atoms with Gasteiger partial charge in [-0.25, -0.2) is 10.2 Å². The number of anilines is 1. The lowest BCUT2D eigenvalue weighted by molar-refractivity contribution is -0.134. The van der Waals surface area contributed by atoms with Crippen LogP contribution in [0.1, 0.15) is 85.1 Å². The Morgan fingerprint density at radius 3 is 2.30 bits per heavy atom. The van der Waals surface area contributed by atoms with Gasteiger partial charge in [-0.1, -0.05) is 53.0 Å². The van der Waals surface area contributed by atoms with Crippen molar-refractivity contribution in [3.05, 3.63) is 23.8 Å². The van der Waals surface area contributed by atoms with Crippen LogP contribution >= 0.6 is 0 Å². The number of urea groups is 1. The number of nitrogens with zero attached hydrogens (tertiary/aromatic N) is 5. The quantitative estimate of drug-likeness (QED) is 0.305. The first-order valence-electron chi connectivity index (χ1n) is 16.3. The fourth-order valence-electron chi connectivity index (χ4n) is 5.90. The van der Waals surface area contributed by atoms with E-state index in [-0.39, 0.29) is 24.4 Å². The lowest BCUT2D eigenvalue weighted by atomic mass is 9.94. The molecular weight excluding hydrogens is 544 g/mol. The van der Waals surface area contributed by atoms with Crippen molar-refractivity contribution in [1.29, 1.82) is 0 Å². The molecule has 1 saturated carbocycles. The average molecular weight is 601 g/mol. The summed E-state index contributed by atoms with van der Waals surface area (Å²) in [6.07, 6.45) is 6.95. The molecule has 242 valence electrons. The predicted molar refractivity (Wildman–Crippen MR) is 172 cm³/mol. The Morgan fingerprint density at radius 2 is 1.67 bits per heavy atom. The van der Waals surface area contributed by atoms with Gasteiger partial charge in [0.25, 0.3) is 0 Å². The summed E-state index contributed by atoms with van der Waals surface area (Å²) in [5.74, 6) is 1.73. The minimum atomic E-state index is -0.213. The van der Waals surface area contributed by atoms with Gasteiger partial charge in [0.05, 0.1) is 25.5 Å². The molecule has 1 heterocycles. The SMILES string of the molecule is CCN(C)C(=O)NN1CN(CC(=O)N(CC(C)C)CC(C)C)Cc2c(OCCCC(=O)N(C)C3CCCCC3)cccc21. The molecule has 0 unspecified atom stereocenters. The first-order chi connectivity index (χ1) is 20.5. The van der Waals surface area contributed by atoms with Crippen molar-refractivity contribution in [3.8, 4) is 5.75 Å². The van der Waals surface area contributed by atoms with Crippen molar-refractivity contribution >= 4 is 23.5 Å². The van der Waals surface area contributed by atoms with Crippen LogP contribution in [0.4, 0.5) is 10.5 Å². The Balaban J connectivity index is 1.71. The lowest BCUT2D eigenvalue weighted by Gasteiger charge is -2.40. The summed E-state index contributed by atoms with van der Waals surface area (Å²) in [6, 6.07) is 5.98. The monoisotopic (exact) mass is 600 g/mol. The molecule has 10 nitrogen and oxygen atoms in total. The molecule has 43 heavy (non-hydrogen) atoms. The highest BCUT2D eigenvalue weighted by molar-refractivity contribution is 5.79. The van der Waals surface area contributed by atoms with Gasteiger partial charge in [0.15, 0.2) is 0 Å². The number of nitrogens with one attached hydrogen (secondary N) is 1. The third kappa shape index (κ3) is 10.3. The second kappa shape index (κ2) is 16.7. The van der Waals surface area contributed by atoms with Crippen LogP contribution in [0, 0.1) is 11.8 Å². The number of rotatable bonds is 14. The third-order valence-corrected chi connectivity index (χ3v) is 8.36. The molecule has 0 bridgehead atoms. The van der Waals surface area contributed by atoms with Crippen LogP contribution in [0.25, 0.3) is 0 Å². The molecule has 0 radical (unpaired) electrons. The van der Waals surface area contributed by atoms with E-state index in [1.165, 1.54) is 19.3 Å². The van der Waals surface area contributed by atoms with E-state index in [4.69, 9.17) is 4.74 Å². The van der Waals surface area contributed by atoms with Gasteiger partial charge >= 0.3 is 6.03 Å². The summed E-state index contributed by atoms with van der Waals surface area (Å²) in [7, 11) is 3.69. The van der Waals surface area contributed by atoms with Crippen LogP contribution < -0.4 is 15.2 Å². The van der Waals surface area contributed by atoms with Crippen molar-refractivity contribution in [3.63, 3.8) is 0 Å². The second-order valence-corrected chi connectivity index (χ2v) is 13.1. The van der Waals surface area contributed by atoms with Crippen LogP contribution in [-0.4, -0.2) is 97.0 Å². The highest BCUT2D eigenvalue weighted by Gasteiger charge is 2.30. The number of fused-ring (bicyclic) bond motifs is 1. The van der Waals surface area contributed by atoms with Crippen molar-refractivity contribution in [2.75, 3.05) is 58.6 Å². The molecule has 1 fully saturated rings. The number of amides is 4. The minimum Gasteiger partial charge on any atom is -0.493 e. The molecule has 10 heteroatoms. The third-order valence-electron chi connectivity index (χ3n) is 8.36. The molecule has 1 aromatic rings. The van der Waals surface area contributed by atoms with E-state index in [0.717, 1.165) is 24.1 Å². The molecule has 1 aromatic carbocycles. The van der Waals surface area contributed by atoms with E-state index in [9.17, 15) is 14.4 Å². The number of hydrogen-bond donors (Lipinski definition) is 1. The molecule has 0 spiro atoms. The maximum atomic E-state index is 13.5. The Bertz CT molecular complexity index is 1050. The molecule has 1 N–H and O–H groups in total. The maximum absolute atomic E-state index is 13.5. The predicted octanol–water partition coefficient (Wildman–Crippen LogP) is 4.93. The number of carbonyl (C=O) groups excluding carboxylic acids is 3. The zero-order valence-corrected chi connectivity index (χ0v) is 27.7. The Hall–Kier alpha value is -3.01. The van der Waals surface area contributed by atoms with Crippen LogP contribution in [0.5, 0.6) is 5.75 Å². The Kier molecular flexibility index (Phi) is 13.4. The van der Waals surface area contributed by atoms with E-state index in [1.54, 1.807) is 11.9 Å². The minimum absolute atomic E-state index is 0.0850. The molecule has 4 amide bonds. The summed E-state index contributed by atoms with van der Waals surface area (Å²) in [5.41, 5.74) is 4.80. The van der Waals surface area contributed by atoms with Gasteiger partial charge < -0.3 is 19.4 Å². The summed E-state index contributed by atoms with van der Waals surface area (Å²) >= 11 is 0. The van der Waals surface area contributed by atoms with Crippen LogP contribution in [0.15, 0.2) is 18.2 Å². The van der Waals surface area contributed by atoms with Crippen LogP contribution in [0.2, 0.25) is 0 Å². The molecular formula is C33H56N6O4. The second-order valence-electron chi connectivity index (χ2n) is 13.1. The molecule has 0 saturated heterocycles. The number of ether oxygens (including phenoxy) is 1. The van der Waals surface area contributed by atoms with E-state index in [2.05, 4.69) is 38.0 Å². The zero-order valence-electron chi connectivity index (χ0n) is 27.7. The van der Waals surface area contributed by atoms with Gasteiger partial charge in [0.2, 0.25) is 11.8 Å². The standard InChI is InChI=1S/C33H56N6O4/c1-8-35(6)33(42)34-39-24-37(23-32(41)38(20-25(2)3)21-26(4)5)22-28-29(39)16-12-17-30(28)43-19-13-18-31(40)36(7)27-14-10-9-11-15-27/h12,16-17,25-27H,8-11,13-15,18-24H2,1-7H3,(H,34,42). The summed E-state index contributed by atoms with van der Waals surface area (Å²) in [4.78, 5) is 46.8. The maximum Gasteiger partial charge on any atom is 0.335 e. The van der Waals surface area contributed by atoms with Crippen LogP contribution in [-0.2, 0) is 16.1 Å². The average Bonchev–Trinajstić information content (AvgIpc) is 2.98. The van der Waals surface area contributed by atoms with Gasteiger partial charge in [0, 0.05) is 58.3 Å². The highest BCUT2D eigenvalue weighted by Crippen LogP contribution is 2.34. The number of benzene rings is 1. The molecule has 3 rings (SSSR count). The van der Waals surface area contributed by atoms with E-state index in [1.807, 2.05) is 47.0 Å². The van der Waals surface area contributed by atoms with Crippen molar-refractivity contribution in [2.24, 2.45) is 11.8 Å². The first-order valence-corrected chi connectivity index (χ1v) is 16.3. The van der Waals surface area contributed by atoms with Crippen molar-refractivity contribution < 1.29 is 19.1 Å². The van der Waals surface area contributed by atoms with E-state index < -0.39 is 0 Å². The molecule has 1 aliphatic carbocycles. The molecule has 0 aromatic heterocycles. The van der Waals surface area contributed by atoms with Crippen LogP contribution in [0.3, 0.4) is 0 Å². The Labute approximate surface area is 259 Å². The molecule has 2 aliphatic rings. The summed E-state index contributed by atoms with van der Waals surface area (Å²) in [6.45, 7) is 14.0. The number of hydrazine groups is 1. The summed E-state index contributed by atoms with van der Waals surface area (Å²) < 4.78 is 6.27. The van der Waals surface area contributed by atoms with Gasteiger partial charge in [-0.3, -0.25) is 19.5 Å². The van der Waals surface area contributed by atoms with Crippen molar-refractivity contribution in [1.82, 2.24) is 25.0 Å². The molecule has 1 aliphatic heterocycles. The van der Waals surface area contributed by atoms with Gasteiger partial charge in [0.1, 0.15) is 5.75 Å². The first kappa shape index (κ1) is 34.5. The van der Waals surface area contributed by atoms with Gasteiger partial charge in [-0.05, 0) is 50.2 Å². The fraction of sp³-hybridized carbons (Fsp3) is 0.727. The topological polar surface area (TPSA) is 88.7 Å². The highest BCUT2D eigenvalue weighted by atomic mass is 16.5. The fourth-order valence-corrected chi connectivity index (χ4v) is 5.90. The number of hydrogen-bond acceptors (Lipinski definition) is 6. The van der Waals surface area contributed by atoms with Gasteiger partial charge in [-0.2, -0.15) is 0 Å². The largest absolute Gasteiger partial charge is 0.493 e.